The van der Waals surface area contributed by atoms with Crippen molar-refractivity contribution in [3.05, 3.63) is 0 Å². The Morgan fingerprint density at radius 2 is 1.80 bits per heavy atom. The molecule has 8 atom stereocenters. The molecule has 4 saturated carbocycles. The molecule has 0 bridgehead atoms. The number of hydroxylamine groups is 1. The Morgan fingerprint density at radius 3 is 2.56 bits per heavy atom. The highest BCUT2D eigenvalue weighted by Gasteiger charge is 2.66. The summed E-state index contributed by atoms with van der Waals surface area (Å²) in [5.74, 6) is 2.22. The Morgan fingerprint density at radius 1 is 1.00 bits per heavy atom. The van der Waals surface area contributed by atoms with Crippen LogP contribution in [0.5, 0.6) is 0 Å². The van der Waals surface area contributed by atoms with E-state index in [4.69, 9.17) is 4.84 Å². The van der Waals surface area contributed by atoms with Gasteiger partial charge in [-0.1, -0.05) is 13.8 Å². The lowest BCUT2D eigenvalue weighted by molar-refractivity contribution is -0.210. The molecule has 0 heterocycles. The Balaban J connectivity index is 1.60. The van der Waals surface area contributed by atoms with Crippen molar-refractivity contribution < 1.29 is 15.1 Å². The van der Waals surface area contributed by atoms with E-state index in [1.54, 1.807) is 7.11 Å². The lowest BCUT2D eigenvalue weighted by Gasteiger charge is -2.63. The first-order valence-corrected chi connectivity index (χ1v) is 10.5. The largest absolute Gasteiger partial charge is 0.393 e. The molecule has 4 rings (SSSR count). The lowest BCUT2D eigenvalue weighted by Crippen LogP contribution is -2.62. The van der Waals surface area contributed by atoms with Crippen LogP contribution in [0.4, 0.5) is 0 Å². The van der Waals surface area contributed by atoms with E-state index in [2.05, 4.69) is 19.3 Å². The van der Waals surface area contributed by atoms with Crippen molar-refractivity contribution in [3.63, 3.8) is 0 Å². The van der Waals surface area contributed by atoms with Crippen LogP contribution in [-0.4, -0.2) is 35.6 Å². The molecule has 4 heteroatoms. The fourth-order valence-electron chi connectivity index (χ4n) is 7.82. The maximum Gasteiger partial charge on any atom is 0.0735 e. The number of rotatable bonds is 3. The first-order valence-electron chi connectivity index (χ1n) is 10.5. The van der Waals surface area contributed by atoms with Crippen molar-refractivity contribution >= 4 is 0 Å². The highest BCUT2D eigenvalue weighted by molar-refractivity contribution is 5.16. The summed E-state index contributed by atoms with van der Waals surface area (Å²) in [6.45, 7) is 5.67. The van der Waals surface area contributed by atoms with Crippen LogP contribution >= 0.6 is 0 Å². The minimum absolute atomic E-state index is 0.0110. The summed E-state index contributed by atoms with van der Waals surface area (Å²) >= 11 is 0. The van der Waals surface area contributed by atoms with Gasteiger partial charge in [0.05, 0.1) is 18.8 Å². The average Bonchev–Trinajstić information content (AvgIpc) is 2.85. The molecule has 0 spiro atoms. The van der Waals surface area contributed by atoms with Crippen LogP contribution in [0.15, 0.2) is 0 Å². The second kappa shape index (κ2) is 6.19. The molecule has 0 aromatic heterocycles. The van der Waals surface area contributed by atoms with E-state index in [1.807, 2.05) is 0 Å². The number of nitrogens with one attached hydrogen (secondary N) is 1. The van der Waals surface area contributed by atoms with Crippen molar-refractivity contribution in [1.29, 1.82) is 0 Å². The van der Waals surface area contributed by atoms with Crippen LogP contribution < -0.4 is 5.48 Å². The molecule has 4 fully saturated rings. The van der Waals surface area contributed by atoms with Crippen LogP contribution in [-0.2, 0) is 4.84 Å². The molecule has 4 aliphatic carbocycles. The van der Waals surface area contributed by atoms with Gasteiger partial charge < -0.3 is 15.1 Å². The summed E-state index contributed by atoms with van der Waals surface area (Å²) in [5, 5.41) is 22.1. The van der Waals surface area contributed by atoms with Crippen molar-refractivity contribution in [2.75, 3.05) is 13.7 Å². The molecule has 144 valence electrons. The Labute approximate surface area is 152 Å². The summed E-state index contributed by atoms with van der Waals surface area (Å²) in [6, 6.07) is 0. The number of fused-ring (bicyclic) bond motifs is 5. The Kier molecular flexibility index (Phi) is 4.51. The molecule has 0 aliphatic heterocycles. The third-order valence-corrected chi connectivity index (χ3v) is 9.49. The normalized spacial score (nSPS) is 55.3. The van der Waals surface area contributed by atoms with Crippen LogP contribution in [0.3, 0.4) is 0 Å². The van der Waals surface area contributed by atoms with Gasteiger partial charge in [-0.15, -0.1) is 0 Å². The molecule has 0 aromatic rings. The maximum atomic E-state index is 12.0. The van der Waals surface area contributed by atoms with E-state index >= 15 is 0 Å². The lowest BCUT2D eigenvalue weighted by atomic mass is 9.43. The predicted octanol–water partition coefficient (Wildman–Crippen LogP) is 3.27. The first-order chi connectivity index (χ1) is 11.8. The Bertz CT molecular complexity index is 513. The summed E-state index contributed by atoms with van der Waals surface area (Å²) in [4.78, 5) is 5.11. The zero-order chi connectivity index (χ0) is 17.9. The van der Waals surface area contributed by atoms with Gasteiger partial charge in [0.25, 0.3) is 0 Å². The number of aliphatic hydroxyl groups excluding tert-OH is 1. The molecule has 0 amide bonds. The van der Waals surface area contributed by atoms with Gasteiger partial charge in [0.2, 0.25) is 0 Å². The van der Waals surface area contributed by atoms with Gasteiger partial charge in [-0.3, -0.25) is 0 Å². The zero-order valence-electron chi connectivity index (χ0n) is 16.3. The molecular formula is C21H37NO3. The standard InChI is InChI=1S/C21H37NO3/c1-19-9-7-16(23)12-14(19)4-5-18-17(19)8-10-20(2)15(13-22-25-3)6-11-21(18,20)24/h14-18,22-24H,4-13H2,1-3H3/t14?,15?,16?,17-,18-,19+,20-,21-/m1/s1. The van der Waals surface area contributed by atoms with Gasteiger partial charge in [0, 0.05) is 12.0 Å². The molecule has 4 nitrogen and oxygen atoms in total. The summed E-state index contributed by atoms with van der Waals surface area (Å²) < 4.78 is 0. The third kappa shape index (κ3) is 2.47. The number of hydrogen-bond donors (Lipinski definition) is 3. The van der Waals surface area contributed by atoms with Gasteiger partial charge in [-0.2, -0.15) is 0 Å². The smallest absolute Gasteiger partial charge is 0.0735 e. The quantitative estimate of drug-likeness (QED) is 0.683. The summed E-state index contributed by atoms with van der Waals surface area (Å²) in [6.07, 6.45) is 9.74. The van der Waals surface area contributed by atoms with Crippen molar-refractivity contribution in [2.24, 2.45) is 34.5 Å². The summed E-state index contributed by atoms with van der Waals surface area (Å²) in [5.41, 5.74) is 2.88. The minimum atomic E-state index is -0.514. The second-order valence-corrected chi connectivity index (χ2v) is 10.1. The van der Waals surface area contributed by atoms with Gasteiger partial charge in [-0.05, 0) is 86.9 Å². The van der Waals surface area contributed by atoms with Gasteiger partial charge in [-0.25, -0.2) is 5.48 Å². The highest BCUT2D eigenvalue weighted by Crippen LogP contribution is 2.68. The second-order valence-electron chi connectivity index (χ2n) is 10.1. The monoisotopic (exact) mass is 351 g/mol. The molecular weight excluding hydrogens is 314 g/mol. The maximum absolute atomic E-state index is 12.0. The Hall–Kier alpha value is -0.160. The topological polar surface area (TPSA) is 61.7 Å². The average molecular weight is 352 g/mol. The van der Waals surface area contributed by atoms with E-state index in [9.17, 15) is 10.2 Å². The van der Waals surface area contributed by atoms with Crippen LogP contribution in [0.25, 0.3) is 0 Å². The molecule has 4 aliphatic rings. The SMILES string of the molecule is CONCC1CC[C@@]2(O)[C@@H]3CCC4CC(O)CC[C@]4(C)[C@@H]3CC[C@]12C. The van der Waals surface area contributed by atoms with E-state index in [1.165, 1.54) is 12.8 Å². The van der Waals surface area contributed by atoms with Gasteiger partial charge >= 0.3 is 0 Å². The molecule has 3 N–H and O–H groups in total. The van der Waals surface area contributed by atoms with E-state index < -0.39 is 5.60 Å². The molecule has 0 saturated heterocycles. The predicted molar refractivity (Wildman–Crippen MR) is 97.7 cm³/mol. The van der Waals surface area contributed by atoms with Crippen molar-refractivity contribution in [3.8, 4) is 0 Å². The summed E-state index contributed by atoms with van der Waals surface area (Å²) in [7, 11) is 1.68. The van der Waals surface area contributed by atoms with Crippen LogP contribution in [0.1, 0.15) is 71.6 Å². The molecule has 0 aromatic carbocycles. The van der Waals surface area contributed by atoms with E-state index in [-0.39, 0.29) is 11.5 Å². The minimum Gasteiger partial charge on any atom is -0.393 e. The fraction of sp³-hybridized carbons (Fsp3) is 1.00. The van der Waals surface area contributed by atoms with Gasteiger partial charge in [0.15, 0.2) is 0 Å². The van der Waals surface area contributed by atoms with E-state index in [0.717, 1.165) is 51.5 Å². The van der Waals surface area contributed by atoms with Gasteiger partial charge in [0.1, 0.15) is 0 Å². The number of aliphatic hydroxyl groups is 2. The number of hydrogen-bond acceptors (Lipinski definition) is 4. The first kappa shape index (κ1) is 18.2. The third-order valence-electron chi connectivity index (χ3n) is 9.49. The van der Waals surface area contributed by atoms with Crippen LogP contribution in [0, 0.1) is 34.5 Å². The fourth-order valence-corrected chi connectivity index (χ4v) is 7.82. The van der Waals surface area contributed by atoms with Crippen molar-refractivity contribution in [2.45, 2.75) is 83.3 Å². The molecule has 25 heavy (non-hydrogen) atoms. The zero-order valence-corrected chi connectivity index (χ0v) is 16.3. The molecule has 0 radical (unpaired) electrons. The highest BCUT2D eigenvalue weighted by atomic mass is 16.6. The molecule has 3 unspecified atom stereocenters. The van der Waals surface area contributed by atoms with Crippen molar-refractivity contribution in [1.82, 2.24) is 5.48 Å². The van der Waals surface area contributed by atoms with E-state index in [0.29, 0.717) is 29.1 Å². The van der Waals surface area contributed by atoms with Crippen LogP contribution in [0.2, 0.25) is 0 Å².